The number of nitrogens with one attached hydrogen (secondary N) is 2. The Labute approximate surface area is 238 Å². The third kappa shape index (κ3) is 5.00. The standard InChI is InChI=1S/C30H49N3O7/c1-36-22-9-5-16(13-24(22)38-3)32-25(34)15-40-17-6-8-21-20(14-17)18-11-12-31-27-19-7-10-23(37-2)29(39-4)26(19)30(35)33(21)28(18)27/h16-24,26-29,31H,5-15H2,1-4H3,(H,32,34). The Balaban J connectivity index is 1.08. The van der Waals surface area contributed by atoms with E-state index in [1.165, 1.54) is 0 Å². The summed E-state index contributed by atoms with van der Waals surface area (Å²) in [6.45, 7) is 1.08. The second kappa shape index (κ2) is 12.1. The molecule has 6 aliphatic rings. The number of amides is 2. The molecule has 0 spiro atoms. The minimum absolute atomic E-state index is 0.000970. The van der Waals surface area contributed by atoms with Gasteiger partial charge in [-0.3, -0.25) is 9.59 Å². The molecule has 3 aliphatic heterocycles. The van der Waals surface area contributed by atoms with E-state index in [4.69, 9.17) is 23.7 Å². The minimum Gasteiger partial charge on any atom is -0.379 e. The van der Waals surface area contributed by atoms with E-state index in [1.807, 2.05) is 0 Å². The predicted octanol–water partition coefficient (Wildman–Crippen LogP) is 1.50. The lowest BCUT2D eigenvalue weighted by molar-refractivity contribution is -0.175. The van der Waals surface area contributed by atoms with Crippen LogP contribution in [0.3, 0.4) is 0 Å². The molecular weight excluding hydrogens is 514 g/mol. The van der Waals surface area contributed by atoms with Crippen LogP contribution in [-0.4, -0.2) is 113 Å². The number of fused-ring (bicyclic) bond motifs is 5. The molecule has 3 aliphatic carbocycles. The second-order valence-electron chi connectivity index (χ2n) is 13.0. The number of ether oxygens (including phenoxy) is 5. The van der Waals surface area contributed by atoms with Gasteiger partial charge >= 0.3 is 0 Å². The third-order valence-electron chi connectivity index (χ3n) is 11.4. The van der Waals surface area contributed by atoms with E-state index in [9.17, 15) is 9.59 Å². The first-order valence-corrected chi connectivity index (χ1v) is 15.6. The fraction of sp³-hybridized carbons (Fsp3) is 0.933. The number of piperidine rings is 2. The molecule has 226 valence electrons. The maximum Gasteiger partial charge on any atom is 0.246 e. The summed E-state index contributed by atoms with van der Waals surface area (Å²) in [5.74, 6) is 1.28. The van der Waals surface area contributed by atoms with Crippen molar-refractivity contribution in [2.75, 3.05) is 41.6 Å². The predicted molar refractivity (Wildman–Crippen MR) is 147 cm³/mol. The van der Waals surface area contributed by atoms with Gasteiger partial charge in [0.1, 0.15) is 6.61 Å². The molecule has 13 unspecified atom stereocenters. The zero-order chi connectivity index (χ0) is 28.0. The van der Waals surface area contributed by atoms with Crippen LogP contribution in [0, 0.1) is 23.7 Å². The third-order valence-corrected chi connectivity index (χ3v) is 11.4. The van der Waals surface area contributed by atoms with Gasteiger partial charge in [0.2, 0.25) is 11.8 Å². The number of carbonyl (C=O) groups is 2. The van der Waals surface area contributed by atoms with E-state index in [2.05, 4.69) is 15.5 Å². The van der Waals surface area contributed by atoms with E-state index in [-0.39, 0.29) is 73.0 Å². The molecule has 2 N–H and O–H groups in total. The summed E-state index contributed by atoms with van der Waals surface area (Å²) in [4.78, 5) is 29.3. The monoisotopic (exact) mass is 563 g/mol. The molecule has 0 aromatic carbocycles. The van der Waals surface area contributed by atoms with Crippen LogP contribution in [0.5, 0.6) is 0 Å². The van der Waals surface area contributed by atoms with Crippen molar-refractivity contribution in [3.05, 3.63) is 0 Å². The average molecular weight is 564 g/mol. The molecule has 0 aromatic heterocycles. The van der Waals surface area contributed by atoms with Crippen molar-refractivity contribution in [2.24, 2.45) is 23.7 Å². The van der Waals surface area contributed by atoms with E-state index in [1.54, 1.807) is 28.4 Å². The van der Waals surface area contributed by atoms with E-state index in [0.717, 1.165) is 64.3 Å². The van der Waals surface area contributed by atoms with Crippen molar-refractivity contribution in [3.63, 3.8) is 0 Å². The first-order valence-electron chi connectivity index (χ1n) is 15.6. The van der Waals surface area contributed by atoms with Crippen molar-refractivity contribution < 1.29 is 33.3 Å². The Kier molecular flexibility index (Phi) is 8.73. The first kappa shape index (κ1) is 28.8. The molecule has 3 saturated carbocycles. The molecule has 10 nitrogen and oxygen atoms in total. The summed E-state index contributed by atoms with van der Waals surface area (Å²) in [7, 11) is 6.88. The summed E-state index contributed by atoms with van der Waals surface area (Å²) < 4.78 is 29.1. The Bertz CT molecular complexity index is 922. The Morgan fingerprint density at radius 3 is 2.38 bits per heavy atom. The van der Waals surface area contributed by atoms with Crippen molar-refractivity contribution in [3.8, 4) is 0 Å². The van der Waals surface area contributed by atoms with Gasteiger partial charge < -0.3 is 39.2 Å². The highest BCUT2D eigenvalue weighted by Crippen LogP contribution is 2.54. The van der Waals surface area contributed by atoms with Crippen molar-refractivity contribution in [1.82, 2.24) is 15.5 Å². The minimum atomic E-state index is -0.194. The molecule has 3 heterocycles. The number of methoxy groups -OCH3 is 4. The summed E-state index contributed by atoms with van der Waals surface area (Å²) in [5, 5.41) is 7.00. The van der Waals surface area contributed by atoms with Crippen LogP contribution in [-0.2, 0) is 33.3 Å². The van der Waals surface area contributed by atoms with Gasteiger partial charge in [0.15, 0.2) is 0 Å². The highest BCUT2D eigenvalue weighted by molar-refractivity contribution is 5.83. The molecule has 0 radical (unpaired) electrons. The smallest absolute Gasteiger partial charge is 0.246 e. The first-order chi connectivity index (χ1) is 19.5. The van der Waals surface area contributed by atoms with Gasteiger partial charge in [-0.1, -0.05) is 0 Å². The van der Waals surface area contributed by atoms with Gasteiger partial charge in [0.05, 0.1) is 42.5 Å². The molecular formula is C30H49N3O7. The zero-order valence-corrected chi connectivity index (χ0v) is 24.6. The second-order valence-corrected chi connectivity index (χ2v) is 13.0. The van der Waals surface area contributed by atoms with Gasteiger partial charge in [-0.15, -0.1) is 0 Å². The lowest BCUT2D eigenvalue weighted by Gasteiger charge is -2.55. The van der Waals surface area contributed by atoms with Gasteiger partial charge in [-0.05, 0) is 82.1 Å². The van der Waals surface area contributed by atoms with E-state index in [0.29, 0.717) is 23.8 Å². The average Bonchev–Trinajstić information content (AvgIpc) is 3.32. The van der Waals surface area contributed by atoms with E-state index >= 15 is 0 Å². The lowest BCUT2D eigenvalue weighted by atomic mass is 9.64. The molecule has 10 heteroatoms. The van der Waals surface area contributed by atoms with Crippen LogP contribution < -0.4 is 10.6 Å². The van der Waals surface area contributed by atoms with Gasteiger partial charge in [-0.25, -0.2) is 0 Å². The van der Waals surface area contributed by atoms with Crippen molar-refractivity contribution in [2.45, 2.75) is 112 Å². The van der Waals surface area contributed by atoms with Crippen LogP contribution >= 0.6 is 0 Å². The Hall–Kier alpha value is -1.30. The molecule has 13 atom stereocenters. The topological polar surface area (TPSA) is 108 Å². The summed E-state index contributed by atoms with van der Waals surface area (Å²) in [6.07, 6.45) is 8.19. The zero-order valence-electron chi connectivity index (χ0n) is 24.6. The molecule has 40 heavy (non-hydrogen) atoms. The van der Waals surface area contributed by atoms with Crippen LogP contribution in [0.15, 0.2) is 0 Å². The SMILES string of the molecule is COC1CCC(NC(=O)COC2CCC3C(C2)C2CCNC4C5CCC(OC)C(OC)C5C(=O)N3C24)CC1OC. The molecule has 6 rings (SSSR count). The maximum atomic E-state index is 14.2. The van der Waals surface area contributed by atoms with Gasteiger partial charge in [-0.2, -0.15) is 0 Å². The van der Waals surface area contributed by atoms with Crippen LogP contribution in [0.2, 0.25) is 0 Å². The number of rotatable bonds is 8. The highest BCUT2D eigenvalue weighted by atomic mass is 16.5. The molecule has 3 saturated heterocycles. The molecule has 0 bridgehead atoms. The molecule has 6 fully saturated rings. The normalized spacial score (nSPS) is 46.4. The van der Waals surface area contributed by atoms with Crippen molar-refractivity contribution in [1.29, 1.82) is 0 Å². The number of nitrogens with zero attached hydrogens (tertiary/aromatic N) is 1. The number of hydrogen-bond donors (Lipinski definition) is 2. The molecule has 0 aromatic rings. The Morgan fingerprint density at radius 2 is 1.62 bits per heavy atom. The summed E-state index contributed by atoms with van der Waals surface area (Å²) >= 11 is 0. The highest BCUT2D eigenvalue weighted by Gasteiger charge is 2.64. The van der Waals surface area contributed by atoms with Crippen LogP contribution in [0.1, 0.15) is 57.8 Å². The summed E-state index contributed by atoms with van der Waals surface area (Å²) in [6, 6.07) is 0.912. The number of hydrogen-bond acceptors (Lipinski definition) is 8. The number of carbonyl (C=O) groups excluding carboxylic acids is 2. The lowest BCUT2D eigenvalue weighted by Crippen LogP contribution is -2.70. The Morgan fingerprint density at radius 1 is 0.850 bits per heavy atom. The fourth-order valence-electron chi connectivity index (χ4n) is 9.70. The molecule has 2 amide bonds. The maximum absolute atomic E-state index is 14.2. The van der Waals surface area contributed by atoms with Crippen molar-refractivity contribution >= 4 is 11.8 Å². The van der Waals surface area contributed by atoms with Crippen LogP contribution in [0.4, 0.5) is 0 Å². The quantitative estimate of drug-likeness (QED) is 0.458. The fourth-order valence-corrected chi connectivity index (χ4v) is 9.70. The summed E-state index contributed by atoms with van der Waals surface area (Å²) in [5.41, 5.74) is 0. The van der Waals surface area contributed by atoms with Gasteiger partial charge in [0, 0.05) is 46.6 Å². The van der Waals surface area contributed by atoms with Gasteiger partial charge in [0.25, 0.3) is 0 Å². The largest absolute Gasteiger partial charge is 0.379 e. The van der Waals surface area contributed by atoms with Crippen LogP contribution in [0.25, 0.3) is 0 Å². The van der Waals surface area contributed by atoms with E-state index < -0.39 is 0 Å².